The number of rotatable bonds is 2. The molecule has 142 valence electrons. The molecule has 2 aromatic carbocycles. The Bertz CT molecular complexity index is 1220. The summed E-state index contributed by atoms with van der Waals surface area (Å²) >= 11 is 0. The summed E-state index contributed by atoms with van der Waals surface area (Å²) in [4.78, 5) is 7.67. The smallest absolute Gasteiger partial charge is 0.451 e. The first-order valence-electron chi connectivity index (χ1n) is 8.45. The number of hydrogen-bond acceptors (Lipinski definition) is 4. The fourth-order valence-electron chi connectivity index (χ4n) is 2.77. The second kappa shape index (κ2) is 6.63. The number of fused-ring (bicyclic) bond motifs is 1. The lowest BCUT2D eigenvalue weighted by Crippen LogP contribution is -2.07. The summed E-state index contributed by atoms with van der Waals surface area (Å²) in [7, 11) is 0. The van der Waals surface area contributed by atoms with Gasteiger partial charge in [-0.15, -0.1) is 5.10 Å². The minimum atomic E-state index is -4.61. The van der Waals surface area contributed by atoms with E-state index in [0.29, 0.717) is 22.1 Å². The van der Waals surface area contributed by atoms with Gasteiger partial charge in [0, 0.05) is 17.0 Å². The zero-order chi connectivity index (χ0) is 19.9. The van der Waals surface area contributed by atoms with E-state index in [-0.39, 0.29) is 5.95 Å². The predicted octanol–water partition coefficient (Wildman–Crippen LogP) is 5.09. The van der Waals surface area contributed by atoms with Gasteiger partial charge < -0.3 is 4.42 Å². The van der Waals surface area contributed by atoms with Gasteiger partial charge in [-0.1, -0.05) is 41.5 Å². The molecular formula is C20H15F3N4O. The van der Waals surface area contributed by atoms with Crippen molar-refractivity contribution in [2.75, 3.05) is 0 Å². The lowest BCUT2D eigenvalue weighted by molar-refractivity contribution is -0.144. The van der Waals surface area contributed by atoms with Crippen molar-refractivity contribution in [1.82, 2.24) is 15.2 Å². The highest BCUT2D eigenvalue weighted by Gasteiger charge is 2.35. The molecule has 0 saturated heterocycles. The van der Waals surface area contributed by atoms with Gasteiger partial charge in [0.05, 0.1) is 5.36 Å². The maximum atomic E-state index is 12.8. The van der Waals surface area contributed by atoms with E-state index in [1.54, 1.807) is 12.1 Å². The average molecular weight is 384 g/mol. The first-order chi connectivity index (χ1) is 13.3. The largest absolute Gasteiger partial charge is 0.456 e. The zero-order valence-corrected chi connectivity index (χ0v) is 15.0. The summed E-state index contributed by atoms with van der Waals surface area (Å²) in [6.45, 7) is 3.89. The quantitative estimate of drug-likeness (QED) is 0.524. The molecule has 28 heavy (non-hydrogen) atoms. The lowest BCUT2D eigenvalue weighted by atomic mass is 10.1. The summed E-state index contributed by atoms with van der Waals surface area (Å²) in [6.07, 6.45) is -4.61. The van der Waals surface area contributed by atoms with Crippen LogP contribution < -0.4 is 5.36 Å². The molecule has 1 N–H and O–H groups in total. The Hall–Kier alpha value is -3.42. The molecule has 0 aliphatic rings. The second-order valence-electron chi connectivity index (χ2n) is 6.46. The van der Waals surface area contributed by atoms with Crippen LogP contribution >= 0.6 is 0 Å². The molecule has 0 spiro atoms. The Balaban J connectivity index is 1.93. The first-order valence-corrected chi connectivity index (χ1v) is 8.45. The third-order valence-corrected chi connectivity index (χ3v) is 4.20. The van der Waals surface area contributed by atoms with E-state index in [1.165, 1.54) is 0 Å². The van der Waals surface area contributed by atoms with E-state index in [2.05, 4.69) is 15.1 Å². The van der Waals surface area contributed by atoms with Gasteiger partial charge in [0.15, 0.2) is 0 Å². The van der Waals surface area contributed by atoms with Crippen molar-refractivity contribution in [3.8, 4) is 11.3 Å². The SMILES string of the molecule is Cc1ccc(-c2cc(=Nc3n[nH]c(C(F)(F)F)n3)c3cc(C)ccc3o2)cc1. The summed E-state index contributed by atoms with van der Waals surface area (Å²) in [5.74, 6) is -0.941. The first kappa shape index (κ1) is 18.0. The highest BCUT2D eigenvalue weighted by atomic mass is 19.4. The number of aromatic amines is 1. The molecule has 0 fully saturated rings. The standard InChI is InChI=1S/C20H15F3N4O/c1-11-3-6-13(7-4-11)17-10-15(14-9-12(2)5-8-16(14)28-17)24-19-25-18(26-27-19)20(21,22)23/h3-10H,1-2H3,(H,25,26,27). The molecule has 0 aliphatic heterocycles. The number of hydrogen-bond donors (Lipinski definition) is 1. The molecule has 0 atom stereocenters. The molecule has 0 radical (unpaired) electrons. The maximum absolute atomic E-state index is 12.8. The number of alkyl halides is 3. The van der Waals surface area contributed by atoms with Crippen molar-refractivity contribution in [1.29, 1.82) is 0 Å². The molecule has 0 unspecified atom stereocenters. The highest BCUT2D eigenvalue weighted by Crippen LogP contribution is 2.27. The number of benzene rings is 2. The van der Waals surface area contributed by atoms with Crippen molar-refractivity contribution in [2.24, 2.45) is 4.99 Å². The average Bonchev–Trinajstić information content (AvgIpc) is 3.11. The van der Waals surface area contributed by atoms with Crippen LogP contribution in [0.3, 0.4) is 0 Å². The fraction of sp³-hybridized carbons (Fsp3) is 0.150. The van der Waals surface area contributed by atoms with Gasteiger partial charge in [0.25, 0.3) is 5.95 Å². The molecule has 8 heteroatoms. The van der Waals surface area contributed by atoms with Crippen LogP contribution in [0.4, 0.5) is 19.1 Å². The van der Waals surface area contributed by atoms with Crippen LogP contribution in [0, 0.1) is 13.8 Å². The molecule has 2 heterocycles. The van der Waals surface area contributed by atoms with Gasteiger partial charge in [0.1, 0.15) is 11.3 Å². The summed E-state index contributed by atoms with van der Waals surface area (Å²) in [5, 5.41) is 6.53. The monoisotopic (exact) mass is 384 g/mol. The molecule has 0 aliphatic carbocycles. The van der Waals surface area contributed by atoms with Crippen molar-refractivity contribution >= 4 is 16.9 Å². The van der Waals surface area contributed by atoms with Crippen LogP contribution in [0.5, 0.6) is 0 Å². The van der Waals surface area contributed by atoms with Crippen molar-refractivity contribution < 1.29 is 17.6 Å². The molecule has 0 saturated carbocycles. The normalized spacial score (nSPS) is 12.7. The van der Waals surface area contributed by atoms with Crippen LogP contribution in [0.25, 0.3) is 22.3 Å². The molecule has 4 rings (SSSR count). The zero-order valence-electron chi connectivity index (χ0n) is 15.0. The molecule has 4 aromatic rings. The van der Waals surface area contributed by atoms with Crippen LogP contribution in [0.1, 0.15) is 17.0 Å². The third-order valence-electron chi connectivity index (χ3n) is 4.20. The summed E-state index contributed by atoms with van der Waals surface area (Å²) in [6, 6.07) is 14.9. The second-order valence-corrected chi connectivity index (χ2v) is 6.46. The van der Waals surface area contributed by atoms with Gasteiger partial charge in [-0.05, 0) is 26.0 Å². The van der Waals surface area contributed by atoms with E-state index in [1.807, 2.05) is 55.3 Å². The number of nitrogens with one attached hydrogen (secondary N) is 1. The Labute approximate surface area is 157 Å². The van der Waals surface area contributed by atoms with E-state index in [0.717, 1.165) is 16.7 Å². The summed E-state index contributed by atoms with van der Waals surface area (Å²) < 4.78 is 44.3. The fourth-order valence-corrected chi connectivity index (χ4v) is 2.77. The van der Waals surface area contributed by atoms with Crippen molar-refractivity contribution in [3.05, 3.63) is 70.8 Å². The minimum absolute atomic E-state index is 0.295. The maximum Gasteiger partial charge on any atom is 0.451 e. The third kappa shape index (κ3) is 3.53. The van der Waals surface area contributed by atoms with E-state index >= 15 is 0 Å². The molecule has 2 aromatic heterocycles. The molecule has 5 nitrogen and oxygen atoms in total. The van der Waals surface area contributed by atoms with Crippen LogP contribution in [-0.2, 0) is 6.18 Å². The van der Waals surface area contributed by atoms with Crippen LogP contribution in [0.15, 0.2) is 57.9 Å². The van der Waals surface area contributed by atoms with Gasteiger partial charge >= 0.3 is 6.18 Å². The van der Waals surface area contributed by atoms with Gasteiger partial charge in [-0.2, -0.15) is 18.2 Å². The predicted molar refractivity (Wildman–Crippen MR) is 97.7 cm³/mol. The van der Waals surface area contributed by atoms with Gasteiger partial charge in [-0.25, -0.2) is 4.99 Å². The minimum Gasteiger partial charge on any atom is -0.456 e. The number of aryl methyl sites for hydroxylation is 2. The number of halogens is 3. The Kier molecular flexibility index (Phi) is 4.26. The lowest BCUT2D eigenvalue weighted by Gasteiger charge is -2.06. The van der Waals surface area contributed by atoms with Crippen LogP contribution in [-0.4, -0.2) is 15.2 Å². The van der Waals surface area contributed by atoms with Gasteiger partial charge in [-0.3, -0.25) is 5.10 Å². The topological polar surface area (TPSA) is 67.1 Å². The Morgan fingerprint density at radius 2 is 1.68 bits per heavy atom. The Morgan fingerprint density at radius 1 is 0.964 bits per heavy atom. The summed E-state index contributed by atoms with van der Waals surface area (Å²) in [5.41, 5.74) is 3.46. The molecule has 0 amide bonds. The van der Waals surface area contributed by atoms with Gasteiger partial charge in [0.2, 0.25) is 5.82 Å². The van der Waals surface area contributed by atoms with E-state index < -0.39 is 12.0 Å². The van der Waals surface area contributed by atoms with E-state index in [4.69, 9.17) is 4.42 Å². The Morgan fingerprint density at radius 3 is 2.36 bits per heavy atom. The van der Waals surface area contributed by atoms with Crippen LogP contribution in [0.2, 0.25) is 0 Å². The van der Waals surface area contributed by atoms with E-state index in [9.17, 15) is 13.2 Å². The van der Waals surface area contributed by atoms with Crippen molar-refractivity contribution in [3.63, 3.8) is 0 Å². The van der Waals surface area contributed by atoms with Crippen molar-refractivity contribution in [2.45, 2.75) is 20.0 Å². The number of H-pyrrole nitrogens is 1. The number of aromatic nitrogens is 3. The molecular weight excluding hydrogens is 369 g/mol. The molecule has 0 bridgehead atoms. The number of nitrogens with zero attached hydrogens (tertiary/aromatic N) is 3. The highest BCUT2D eigenvalue weighted by molar-refractivity contribution is 5.79.